The molecule has 3 aromatic heterocycles. The maximum absolute atomic E-state index is 12.9. The van der Waals surface area contributed by atoms with Gasteiger partial charge in [0.25, 0.3) is 10.0 Å². The molecule has 0 radical (unpaired) electrons. The van der Waals surface area contributed by atoms with Crippen molar-refractivity contribution in [3.05, 3.63) is 65.3 Å². The van der Waals surface area contributed by atoms with E-state index in [4.69, 9.17) is 8.83 Å². The van der Waals surface area contributed by atoms with Gasteiger partial charge >= 0.3 is 0 Å². The normalized spacial score (nSPS) is 12.1. The summed E-state index contributed by atoms with van der Waals surface area (Å²) in [5.74, 6) is 1.17. The van der Waals surface area contributed by atoms with Crippen LogP contribution in [0.25, 0.3) is 0 Å². The monoisotopic (exact) mass is 337 g/mol. The van der Waals surface area contributed by atoms with E-state index in [9.17, 15) is 8.42 Å². The van der Waals surface area contributed by atoms with Crippen molar-refractivity contribution in [2.45, 2.75) is 24.2 Å². The lowest BCUT2D eigenvalue weighted by atomic mass is 10.4. The van der Waals surface area contributed by atoms with Crippen LogP contribution in [0.2, 0.25) is 0 Å². The SMILES string of the molecule is Cc1ccc(S(=O)(=O)N(Cc2ccco2)Cc2ccco2)s1. The molecule has 22 heavy (non-hydrogen) atoms. The van der Waals surface area contributed by atoms with Gasteiger partial charge in [0, 0.05) is 4.88 Å². The lowest BCUT2D eigenvalue weighted by Crippen LogP contribution is -2.29. The van der Waals surface area contributed by atoms with Crippen molar-refractivity contribution >= 4 is 21.4 Å². The average molecular weight is 337 g/mol. The number of rotatable bonds is 6. The Morgan fingerprint density at radius 1 is 1.00 bits per heavy atom. The van der Waals surface area contributed by atoms with E-state index in [1.54, 1.807) is 36.4 Å². The largest absolute Gasteiger partial charge is 0.468 e. The van der Waals surface area contributed by atoms with Gasteiger partial charge in [-0.2, -0.15) is 4.31 Å². The summed E-state index contributed by atoms with van der Waals surface area (Å²) in [5, 5.41) is 0. The Morgan fingerprint density at radius 3 is 2.00 bits per heavy atom. The Labute approximate surface area is 132 Å². The third-order valence-corrected chi connectivity index (χ3v) is 6.39. The van der Waals surface area contributed by atoms with Crippen LogP contribution < -0.4 is 0 Å². The molecular formula is C15H15NO4S2. The van der Waals surface area contributed by atoms with Crippen molar-refractivity contribution in [2.24, 2.45) is 0 Å². The van der Waals surface area contributed by atoms with Gasteiger partial charge in [0.2, 0.25) is 0 Å². The van der Waals surface area contributed by atoms with Gasteiger partial charge in [0.05, 0.1) is 25.6 Å². The van der Waals surface area contributed by atoms with Crippen LogP contribution in [0.15, 0.2) is 62.0 Å². The molecule has 0 bridgehead atoms. The molecule has 0 amide bonds. The second-order valence-electron chi connectivity index (χ2n) is 4.80. The minimum absolute atomic E-state index is 0.160. The van der Waals surface area contributed by atoms with Gasteiger partial charge in [-0.15, -0.1) is 11.3 Å². The lowest BCUT2D eigenvalue weighted by Gasteiger charge is -2.19. The molecule has 3 rings (SSSR count). The topological polar surface area (TPSA) is 63.7 Å². The summed E-state index contributed by atoms with van der Waals surface area (Å²) in [6.45, 7) is 2.20. The lowest BCUT2D eigenvalue weighted by molar-refractivity contribution is 0.331. The molecule has 0 aliphatic heterocycles. The van der Waals surface area contributed by atoms with Crippen molar-refractivity contribution in [2.75, 3.05) is 0 Å². The molecule has 7 heteroatoms. The molecule has 0 aliphatic carbocycles. The minimum Gasteiger partial charge on any atom is -0.468 e. The highest BCUT2D eigenvalue weighted by Gasteiger charge is 2.27. The zero-order chi connectivity index (χ0) is 15.6. The fraction of sp³-hybridized carbons (Fsp3) is 0.200. The van der Waals surface area contributed by atoms with Gasteiger partial charge < -0.3 is 8.83 Å². The summed E-state index contributed by atoms with van der Waals surface area (Å²) in [6.07, 6.45) is 3.06. The summed E-state index contributed by atoms with van der Waals surface area (Å²) in [6, 6.07) is 10.4. The Hall–Kier alpha value is -1.83. The molecule has 0 N–H and O–H groups in total. The number of sulfonamides is 1. The Balaban J connectivity index is 1.93. The van der Waals surface area contributed by atoms with Crippen molar-refractivity contribution in [3.8, 4) is 0 Å². The first-order chi connectivity index (χ1) is 10.6. The molecule has 3 heterocycles. The third-order valence-electron chi connectivity index (χ3n) is 3.13. The van der Waals surface area contributed by atoms with E-state index < -0.39 is 10.0 Å². The fourth-order valence-electron chi connectivity index (χ4n) is 2.06. The second kappa shape index (κ2) is 6.12. The van der Waals surface area contributed by atoms with E-state index in [-0.39, 0.29) is 13.1 Å². The van der Waals surface area contributed by atoms with E-state index in [1.165, 1.54) is 28.2 Å². The van der Waals surface area contributed by atoms with E-state index in [0.29, 0.717) is 15.7 Å². The molecule has 0 saturated heterocycles. The molecule has 0 aliphatic rings. The van der Waals surface area contributed by atoms with E-state index in [0.717, 1.165) is 4.88 Å². The number of furan rings is 2. The van der Waals surface area contributed by atoms with Crippen LogP contribution in [0.3, 0.4) is 0 Å². The first kappa shape index (κ1) is 15.1. The molecule has 0 atom stereocenters. The minimum atomic E-state index is -3.60. The maximum atomic E-state index is 12.9. The van der Waals surface area contributed by atoms with Crippen LogP contribution in [0.1, 0.15) is 16.4 Å². The molecule has 0 saturated carbocycles. The third kappa shape index (κ3) is 3.16. The molecule has 116 valence electrons. The van der Waals surface area contributed by atoms with Gasteiger partial charge in [-0.05, 0) is 43.3 Å². The Bertz CT molecular complexity index is 781. The first-order valence-electron chi connectivity index (χ1n) is 6.67. The van der Waals surface area contributed by atoms with Crippen molar-refractivity contribution in [1.82, 2.24) is 4.31 Å². The fourth-order valence-corrected chi connectivity index (χ4v) is 4.87. The standard InChI is InChI=1S/C15H15NO4S2/c1-12-6-7-15(21-12)22(17,18)16(10-13-4-2-8-19-13)11-14-5-3-9-20-14/h2-9H,10-11H2,1H3. The number of aryl methyl sites for hydroxylation is 1. The van der Waals surface area contributed by atoms with E-state index in [1.807, 2.05) is 6.92 Å². The van der Waals surface area contributed by atoms with Crippen molar-refractivity contribution < 1.29 is 17.3 Å². The van der Waals surface area contributed by atoms with E-state index >= 15 is 0 Å². The highest BCUT2D eigenvalue weighted by molar-refractivity contribution is 7.91. The average Bonchev–Trinajstić information content (AvgIpc) is 3.19. The molecule has 0 fully saturated rings. The van der Waals surface area contributed by atoms with Crippen molar-refractivity contribution in [3.63, 3.8) is 0 Å². The van der Waals surface area contributed by atoms with Crippen LogP contribution in [-0.4, -0.2) is 12.7 Å². The quantitative estimate of drug-likeness (QED) is 0.689. The van der Waals surface area contributed by atoms with Crippen LogP contribution in [0.5, 0.6) is 0 Å². The maximum Gasteiger partial charge on any atom is 0.253 e. The summed E-state index contributed by atoms with van der Waals surface area (Å²) in [5.41, 5.74) is 0. The van der Waals surface area contributed by atoms with Gasteiger partial charge in [0.1, 0.15) is 15.7 Å². The zero-order valence-electron chi connectivity index (χ0n) is 11.9. The molecule has 0 spiro atoms. The van der Waals surface area contributed by atoms with Crippen LogP contribution in [0, 0.1) is 6.92 Å². The molecule has 3 aromatic rings. The second-order valence-corrected chi connectivity index (χ2v) is 8.25. The Morgan fingerprint density at radius 2 is 1.59 bits per heavy atom. The van der Waals surface area contributed by atoms with Gasteiger partial charge in [-0.3, -0.25) is 0 Å². The number of hydrogen-bond donors (Lipinski definition) is 0. The number of nitrogens with zero attached hydrogens (tertiary/aromatic N) is 1. The molecule has 5 nitrogen and oxygen atoms in total. The summed E-state index contributed by atoms with van der Waals surface area (Å²) in [7, 11) is -3.60. The van der Waals surface area contributed by atoms with Crippen LogP contribution in [0.4, 0.5) is 0 Å². The summed E-state index contributed by atoms with van der Waals surface area (Å²) < 4.78 is 38.0. The van der Waals surface area contributed by atoms with Gasteiger partial charge in [-0.25, -0.2) is 8.42 Å². The predicted molar refractivity (Wildman–Crippen MR) is 82.9 cm³/mol. The van der Waals surface area contributed by atoms with Gasteiger partial charge in [0.15, 0.2) is 0 Å². The Kier molecular flexibility index (Phi) is 4.19. The smallest absolute Gasteiger partial charge is 0.253 e. The molecule has 0 unspecified atom stereocenters. The number of hydrogen-bond acceptors (Lipinski definition) is 5. The van der Waals surface area contributed by atoms with Crippen LogP contribution in [-0.2, 0) is 23.1 Å². The van der Waals surface area contributed by atoms with Crippen LogP contribution >= 0.6 is 11.3 Å². The molecular weight excluding hydrogens is 322 g/mol. The first-order valence-corrected chi connectivity index (χ1v) is 8.93. The van der Waals surface area contributed by atoms with Crippen molar-refractivity contribution in [1.29, 1.82) is 0 Å². The van der Waals surface area contributed by atoms with Gasteiger partial charge in [-0.1, -0.05) is 0 Å². The zero-order valence-corrected chi connectivity index (χ0v) is 13.6. The summed E-state index contributed by atoms with van der Waals surface area (Å²) >= 11 is 1.26. The highest BCUT2D eigenvalue weighted by atomic mass is 32.2. The van der Waals surface area contributed by atoms with E-state index in [2.05, 4.69) is 0 Å². The molecule has 0 aromatic carbocycles. The predicted octanol–water partition coefficient (Wildman–Crippen LogP) is 3.63. The highest BCUT2D eigenvalue weighted by Crippen LogP contribution is 2.27. The summed E-state index contributed by atoms with van der Waals surface area (Å²) in [4.78, 5) is 0.953. The number of thiophene rings is 1.